The predicted octanol–water partition coefficient (Wildman–Crippen LogP) is 5.95. The van der Waals surface area contributed by atoms with Gasteiger partial charge in [-0.3, -0.25) is 4.79 Å². The van der Waals surface area contributed by atoms with Crippen LogP contribution in [0.3, 0.4) is 0 Å². The summed E-state index contributed by atoms with van der Waals surface area (Å²) in [5.74, 6) is 1.01. The SMILES string of the molecule is COc1cc(C)c(C(=O)N[C@H](c2ccccc2)c2cccc(C)c2)cc1C(C)C. The lowest BCUT2D eigenvalue weighted by atomic mass is 9.94. The Hall–Kier alpha value is -3.07. The maximum atomic E-state index is 13.3. The van der Waals surface area contributed by atoms with E-state index < -0.39 is 0 Å². The minimum Gasteiger partial charge on any atom is -0.496 e. The lowest BCUT2D eigenvalue weighted by Gasteiger charge is -2.22. The Labute approximate surface area is 173 Å². The predicted molar refractivity (Wildman–Crippen MR) is 119 cm³/mol. The first-order valence-corrected chi connectivity index (χ1v) is 10.0. The van der Waals surface area contributed by atoms with Crippen molar-refractivity contribution in [1.82, 2.24) is 5.32 Å². The number of amides is 1. The van der Waals surface area contributed by atoms with Crippen LogP contribution in [0, 0.1) is 13.8 Å². The molecule has 0 saturated heterocycles. The fourth-order valence-electron chi connectivity index (χ4n) is 3.63. The van der Waals surface area contributed by atoms with Crippen molar-refractivity contribution in [2.75, 3.05) is 7.11 Å². The van der Waals surface area contributed by atoms with Crippen LogP contribution in [0.2, 0.25) is 0 Å². The van der Waals surface area contributed by atoms with Crippen molar-refractivity contribution < 1.29 is 9.53 Å². The molecule has 3 aromatic carbocycles. The molecule has 1 atom stereocenters. The van der Waals surface area contributed by atoms with Crippen molar-refractivity contribution in [2.45, 2.75) is 39.7 Å². The molecule has 1 amide bonds. The Morgan fingerprint density at radius 1 is 0.897 bits per heavy atom. The summed E-state index contributed by atoms with van der Waals surface area (Å²) < 4.78 is 5.52. The molecule has 0 aliphatic carbocycles. The molecule has 0 fully saturated rings. The van der Waals surface area contributed by atoms with Gasteiger partial charge in [0.25, 0.3) is 5.91 Å². The summed E-state index contributed by atoms with van der Waals surface area (Å²) in [7, 11) is 1.67. The Balaban J connectivity index is 2.00. The summed E-state index contributed by atoms with van der Waals surface area (Å²) in [5, 5.41) is 3.26. The Morgan fingerprint density at radius 3 is 2.21 bits per heavy atom. The molecule has 0 aliphatic heterocycles. The molecule has 3 nitrogen and oxygen atoms in total. The van der Waals surface area contributed by atoms with Gasteiger partial charge >= 0.3 is 0 Å². The molecule has 0 aromatic heterocycles. The molecule has 3 heteroatoms. The topological polar surface area (TPSA) is 38.3 Å². The molecule has 0 unspecified atom stereocenters. The highest BCUT2D eigenvalue weighted by molar-refractivity contribution is 5.96. The van der Waals surface area contributed by atoms with E-state index in [0.29, 0.717) is 5.56 Å². The van der Waals surface area contributed by atoms with Crippen LogP contribution in [0.5, 0.6) is 5.75 Å². The number of aryl methyl sites for hydroxylation is 2. The average Bonchev–Trinajstić information content (AvgIpc) is 2.71. The number of carbonyl (C=O) groups is 1. The number of methoxy groups -OCH3 is 1. The normalized spacial score (nSPS) is 11.9. The standard InChI is InChI=1S/C26H29NO2/c1-17(2)22-16-23(19(4)15-24(22)29-5)26(28)27-25(20-11-7-6-8-12-20)21-13-9-10-18(3)14-21/h6-17,25H,1-5H3,(H,27,28)/t25-/m1/s1. The number of hydrogen-bond donors (Lipinski definition) is 1. The minimum atomic E-state index is -0.215. The van der Waals surface area contributed by atoms with E-state index in [1.807, 2.05) is 55.5 Å². The molecular weight excluding hydrogens is 358 g/mol. The molecule has 0 bridgehead atoms. The third-order valence-corrected chi connectivity index (χ3v) is 5.23. The van der Waals surface area contributed by atoms with E-state index >= 15 is 0 Å². The van der Waals surface area contributed by atoms with Crippen molar-refractivity contribution >= 4 is 5.91 Å². The Bertz CT molecular complexity index is 993. The van der Waals surface area contributed by atoms with E-state index in [2.05, 4.69) is 44.3 Å². The molecule has 0 spiro atoms. The van der Waals surface area contributed by atoms with Gasteiger partial charge in [0.2, 0.25) is 0 Å². The van der Waals surface area contributed by atoms with Gasteiger partial charge in [-0.05, 0) is 54.2 Å². The van der Waals surface area contributed by atoms with Crippen LogP contribution in [0.1, 0.15) is 64.0 Å². The summed E-state index contributed by atoms with van der Waals surface area (Å²) in [6.45, 7) is 8.23. The summed E-state index contributed by atoms with van der Waals surface area (Å²) in [5.41, 5.74) is 5.92. The Kier molecular flexibility index (Phi) is 6.38. The fraction of sp³-hybridized carbons (Fsp3) is 0.269. The zero-order valence-corrected chi connectivity index (χ0v) is 17.8. The number of carbonyl (C=O) groups excluding carboxylic acids is 1. The molecule has 3 aromatic rings. The largest absolute Gasteiger partial charge is 0.496 e. The number of nitrogens with one attached hydrogen (secondary N) is 1. The molecule has 3 rings (SSSR count). The molecule has 29 heavy (non-hydrogen) atoms. The molecule has 0 aliphatic rings. The fourth-order valence-corrected chi connectivity index (χ4v) is 3.63. The molecular formula is C26H29NO2. The van der Waals surface area contributed by atoms with Crippen molar-refractivity contribution in [3.8, 4) is 5.75 Å². The minimum absolute atomic E-state index is 0.0811. The van der Waals surface area contributed by atoms with Gasteiger partial charge in [-0.15, -0.1) is 0 Å². The second-order valence-corrected chi connectivity index (χ2v) is 7.80. The van der Waals surface area contributed by atoms with Crippen LogP contribution in [0.15, 0.2) is 66.7 Å². The first kappa shape index (κ1) is 20.7. The summed E-state index contributed by atoms with van der Waals surface area (Å²) in [4.78, 5) is 13.3. The second kappa shape index (κ2) is 8.95. The van der Waals surface area contributed by atoms with Gasteiger partial charge < -0.3 is 10.1 Å². The molecule has 0 saturated carbocycles. The van der Waals surface area contributed by atoms with E-state index in [0.717, 1.165) is 28.0 Å². The van der Waals surface area contributed by atoms with E-state index in [9.17, 15) is 4.79 Å². The van der Waals surface area contributed by atoms with Crippen molar-refractivity contribution in [2.24, 2.45) is 0 Å². The highest BCUT2D eigenvalue weighted by Crippen LogP contribution is 2.30. The van der Waals surface area contributed by atoms with E-state index in [1.54, 1.807) is 7.11 Å². The maximum absolute atomic E-state index is 13.3. The average molecular weight is 388 g/mol. The molecule has 1 N–H and O–H groups in total. The third-order valence-electron chi connectivity index (χ3n) is 5.23. The third kappa shape index (κ3) is 4.68. The van der Waals surface area contributed by atoms with Gasteiger partial charge in [0.05, 0.1) is 13.2 Å². The number of ether oxygens (including phenoxy) is 1. The van der Waals surface area contributed by atoms with Crippen LogP contribution in [-0.2, 0) is 0 Å². The summed E-state index contributed by atoms with van der Waals surface area (Å²) >= 11 is 0. The van der Waals surface area contributed by atoms with Crippen molar-refractivity contribution in [3.63, 3.8) is 0 Å². The molecule has 150 valence electrons. The van der Waals surface area contributed by atoms with Crippen molar-refractivity contribution in [1.29, 1.82) is 0 Å². The van der Waals surface area contributed by atoms with Gasteiger partial charge in [0.15, 0.2) is 0 Å². The van der Waals surface area contributed by atoms with E-state index in [-0.39, 0.29) is 17.9 Å². The Morgan fingerprint density at radius 2 is 1.59 bits per heavy atom. The van der Waals surface area contributed by atoms with E-state index in [1.165, 1.54) is 5.56 Å². The molecule has 0 radical (unpaired) electrons. The van der Waals surface area contributed by atoms with Crippen molar-refractivity contribution in [3.05, 3.63) is 100 Å². The lowest BCUT2D eigenvalue weighted by Crippen LogP contribution is -2.30. The van der Waals surface area contributed by atoms with E-state index in [4.69, 9.17) is 4.74 Å². The lowest BCUT2D eigenvalue weighted by molar-refractivity contribution is 0.0942. The van der Waals surface area contributed by atoms with Gasteiger partial charge in [-0.1, -0.05) is 74.0 Å². The first-order chi connectivity index (χ1) is 13.9. The smallest absolute Gasteiger partial charge is 0.252 e. The molecule has 0 heterocycles. The van der Waals surface area contributed by atoms with Gasteiger partial charge in [-0.2, -0.15) is 0 Å². The van der Waals surface area contributed by atoms with Gasteiger partial charge in [-0.25, -0.2) is 0 Å². The number of rotatable bonds is 6. The zero-order chi connectivity index (χ0) is 21.0. The highest BCUT2D eigenvalue weighted by atomic mass is 16.5. The highest BCUT2D eigenvalue weighted by Gasteiger charge is 2.21. The first-order valence-electron chi connectivity index (χ1n) is 10.0. The maximum Gasteiger partial charge on any atom is 0.252 e. The van der Waals surface area contributed by atoms with Gasteiger partial charge in [0, 0.05) is 5.56 Å². The summed E-state index contributed by atoms with van der Waals surface area (Å²) in [6.07, 6.45) is 0. The monoisotopic (exact) mass is 387 g/mol. The summed E-state index contributed by atoms with van der Waals surface area (Å²) in [6, 6.07) is 22.1. The zero-order valence-electron chi connectivity index (χ0n) is 17.8. The number of benzene rings is 3. The number of hydrogen-bond acceptors (Lipinski definition) is 2. The van der Waals surface area contributed by atoms with Crippen LogP contribution in [-0.4, -0.2) is 13.0 Å². The van der Waals surface area contributed by atoms with Crippen LogP contribution < -0.4 is 10.1 Å². The van der Waals surface area contributed by atoms with Crippen LogP contribution in [0.25, 0.3) is 0 Å². The van der Waals surface area contributed by atoms with Crippen LogP contribution >= 0.6 is 0 Å². The van der Waals surface area contributed by atoms with Crippen LogP contribution in [0.4, 0.5) is 0 Å². The van der Waals surface area contributed by atoms with Gasteiger partial charge in [0.1, 0.15) is 5.75 Å². The second-order valence-electron chi connectivity index (χ2n) is 7.80. The quantitative estimate of drug-likeness (QED) is 0.567.